The Morgan fingerprint density at radius 2 is 0.979 bits per heavy atom. The lowest BCUT2D eigenvalue weighted by molar-refractivity contribution is 0.101. The minimum atomic E-state index is 0. The monoisotopic (exact) mass is 635 g/mol. The number of aryl methyl sites for hydroxylation is 3. The molecule has 0 spiro atoms. The molecule has 7 aromatic rings. The second-order valence-electron chi connectivity index (χ2n) is 10.9. The summed E-state index contributed by atoms with van der Waals surface area (Å²) in [5, 5.41) is 0. The first-order valence-corrected chi connectivity index (χ1v) is 15.3. The summed E-state index contributed by atoms with van der Waals surface area (Å²) < 4.78 is 11.3. The van der Waals surface area contributed by atoms with Crippen LogP contribution in [0.25, 0.3) is 45.0 Å². The number of ketones is 1. The number of carbonyl (C=O) groups is 1. The largest absolute Gasteiger partial charge is 0.461 e. The molecule has 0 radical (unpaired) electrons. The zero-order valence-electron chi connectivity index (χ0n) is 26.6. The van der Waals surface area contributed by atoms with E-state index in [1.807, 2.05) is 129 Å². The maximum absolute atomic E-state index is 11.1. The van der Waals surface area contributed by atoms with Crippen LogP contribution in [0.4, 0.5) is 0 Å². The molecule has 0 aliphatic carbocycles. The number of Topliss-reactive ketones (excluding diaryl/α,β-unsaturated/α-hetero) is 1. The van der Waals surface area contributed by atoms with Crippen molar-refractivity contribution in [3.63, 3.8) is 0 Å². The van der Waals surface area contributed by atoms with Gasteiger partial charge in [-0.3, -0.25) is 4.79 Å². The standard InChI is InChI=1S/C16H13NO.C14H12O.C12H12O.2CH4/c1-12-17-15(13-8-4-2-5-9-13)16(18-12)14-10-6-3-7-11-14;1-11(15)12-7-9-14(10-8-12)13-5-3-2-4-6-13;1-9-3-6-11(7-4-9)12-8-5-10(2)13-12;;/h2-11H,1H3;2-10H,1H3;3-8H,1-2H3;2*1H4. The number of rotatable bonds is 5. The summed E-state index contributed by atoms with van der Waals surface area (Å²) in [4.78, 5) is 15.6. The summed E-state index contributed by atoms with van der Waals surface area (Å²) in [5.74, 6) is 3.52. The van der Waals surface area contributed by atoms with E-state index in [0.29, 0.717) is 5.89 Å². The van der Waals surface area contributed by atoms with Gasteiger partial charge in [-0.2, -0.15) is 0 Å². The molecule has 2 aromatic heterocycles. The van der Waals surface area contributed by atoms with Gasteiger partial charge in [0.05, 0.1) is 0 Å². The molecule has 48 heavy (non-hydrogen) atoms. The van der Waals surface area contributed by atoms with Gasteiger partial charge in [-0.1, -0.05) is 160 Å². The maximum Gasteiger partial charge on any atom is 0.192 e. The molecule has 0 N–H and O–H groups in total. The Morgan fingerprint density at radius 3 is 1.48 bits per heavy atom. The number of benzene rings is 5. The zero-order chi connectivity index (χ0) is 32.3. The number of hydrogen-bond acceptors (Lipinski definition) is 4. The molecular weight excluding hydrogens is 590 g/mol. The van der Waals surface area contributed by atoms with E-state index in [1.54, 1.807) is 6.92 Å². The Hall–Kier alpha value is -5.74. The normalized spacial score (nSPS) is 9.83. The van der Waals surface area contributed by atoms with E-state index < -0.39 is 0 Å². The molecule has 0 atom stereocenters. The van der Waals surface area contributed by atoms with Gasteiger partial charge >= 0.3 is 0 Å². The lowest BCUT2D eigenvalue weighted by Crippen LogP contribution is -1.90. The van der Waals surface area contributed by atoms with E-state index in [1.165, 1.54) is 11.1 Å². The maximum atomic E-state index is 11.1. The molecule has 244 valence electrons. The minimum Gasteiger partial charge on any atom is -0.461 e. The number of furan rings is 1. The van der Waals surface area contributed by atoms with Crippen molar-refractivity contribution in [2.75, 3.05) is 0 Å². The van der Waals surface area contributed by atoms with Gasteiger partial charge in [0.15, 0.2) is 17.4 Å². The lowest BCUT2D eigenvalue weighted by atomic mass is 10.0. The molecule has 2 heterocycles. The van der Waals surface area contributed by atoms with Crippen LogP contribution >= 0.6 is 0 Å². The van der Waals surface area contributed by atoms with Crippen molar-refractivity contribution >= 4 is 5.78 Å². The number of oxazole rings is 1. The summed E-state index contributed by atoms with van der Waals surface area (Å²) >= 11 is 0. The first-order valence-electron chi connectivity index (χ1n) is 15.3. The first-order chi connectivity index (χ1) is 22.4. The number of carbonyl (C=O) groups excluding carboxylic acids is 1. The van der Waals surface area contributed by atoms with E-state index in [9.17, 15) is 4.79 Å². The molecule has 0 aliphatic heterocycles. The molecule has 5 aromatic carbocycles. The van der Waals surface area contributed by atoms with Crippen LogP contribution in [0, 0.1) is 20.8 Å². The van der Waals surface area contributed by atoms with Crippen LogP contribution in [-0.4, -0.2) is 10.8 Å². The van der Waals surface area contributed by atoms with E-state index in [-0.39, 0.29) is 20.6 Å². The van der Waals surface area contributed by atoms with Gasteiger partial charge in [0.2, 0.25) is 0 Å². The van der Waals surface area contributed by atoms with E-state index in [0.717, 1.165) is 50.8 Å². The van der Waals surface area contributed by atoms with Crippen molar-refractivity contribution in [1.82, 2.24) is 4.98 Å². The highest BCUT2D eigenvalue weighted by Crippen LogP contribution is 2.32. The van der Waals surface area contributed by atoms with Crippen molar-refractivity contribution < 1.29 is 13.6 Å². The van der Waals surface area contributed by atoms with Crippen molar-refractivity contribution in [3.05, 3.63) is 174 Å². The highest BCUT2D eigenvalue weighted by Gasteiger charge is 2.14. The van der Waals surface area contributed by atoms with Crippen LogP contribution in [0.1, 0.15) is 49.3 Å². The van der Waals surface area contributed by atoms with Crippen LogP contribution in [0.15, 0.2) is 160 Å². The predicted octanol–water partition coefficient (Wildman–Crippen LogP) is 12.7. The highest BCUT2D eigenvalue weighted by atomic mass is 16.4. The van der Waals surface area contributed by atoms with Gasteiger partial charge in [-0.15, -0.1) is 0 Å². The quantitative estimate of drug-likeness (QED) is 0.177. The molecule has 0 unspecified atom stereocenters. The Labute approximate surface area is 285 Å². The van der Waals surface area contributed by atoms with Crippen LogP contribution < -0.4 is 0 Å². The summed E-state index contributed by atoms with van der Waals surface area (Å²) in [5.41, 5.74) is 8.51. The summed E-state index contributed by atoms with van der Waals surface area (Å²) in [6.07, 6.45) is 0. The molecule has 0 fully saturated rings. The molecular formula is C44H45NO3. The second kappa shape index (κ2) is 17.8. The third kappa shape index (κ3) is 9.88. The third-order valence-electron chi connectivity index (χ3n) is 7.29. The lowest BCUT2D eigenvalue weighted by Gasteiger charge is -2.01. The molecule has 0 saturated heterocycles. The van der Waals surface area contributed by atoms with E-state index >= 15 is 0 Å². The van der Waals surface area contributed by atoms with E-state index in [2.05, 4.69) is 48.3 Å². The van der Waals surface area contributed by atoms with Crippen LogP contribution in [-0.2, 0) is 0 Å². The second-order valence-corrected chi connectivity index (χ2v) is 10.9. The SMILES string of the molecule is C.C.CC(=O)c1ccc(-c2ccccc2)cc1.Cc1ccc(-c2ccc(C)o2)cc1.Cc1nc(-c2ccccc2)c(-c2ccccc2)o1. The Kier molecular flexibility index (Phi) is 13.6. The molecule has 0 bridgehead atoms. The van der Waals surface area contributed by atoms with Gasteiger partial charge in [0, 0.05) is 29.2 Å². The van der Waals surface area contributed by atoms with E-state index in [4.69, 9.17) is 8.83 Å². The van der Waals surface area contributed by atoms with Gasteiger partial charge in [-0.05, 0) is 44.0 Å². The summed E-state index contributed by atoms with van der Waals surface area (Å²) in [7, 11) is 0. The minimum absolute atomic E-state index is 0. The average Bonchev–Trinajstić information content (AvgIpc) is 3.72. The highest BCUT2D eigenvalue weighted by molar-refractivity contribution is 5.94. The van der Waals surface area contributed by atoms with Gasteiger partial charge in [0.25, 0.3) is 0 Å². The predicted molar refractivity (Wildman–Crippen MR) is 201 cm³/mol. The first kappa shape index (κ1) is 36.7. The molecule has 4 heteroatoms. The van der Waals surface area contributed by atoms with Crippen LogP contribution in [0.3, 0.4) is 0 Å². The Morgan fingerprint density at radius 1 is 0.500 bits per heavy atom. The van der Waals surface area contributed by atoms with Gasteiger partial charge < -0.3 is 8.83 Å². The van der Waals surface area contributed by atoms with Crippen LogP contribution in [0.2, 0.25) is 0 Å². The topological polar surface area (TPSA) is 56.2 Å². The molecule has 0 aliphatic rings. The molecule has 0 saturated carbocycles. The van der Waals surface area contributed by atoms with Crippen molar-refractivity contribution in [2.24, 2.45) is 0 Å². The fourth-order valence-corrected chi connectivity index (χ4v) is 4.84. The summed E-state index contributed by atoms with van der Waals surface area (Å²) in [6, 6.07) is 50.3. The zero-order valence-corrected chi connectivity index (χ0v) is 26.6. The van der Waals surface area contributed by atoms with Crippen molar-refractivity contribution in [2.45, 2.75) is 42.5 Å². The smallest absolute Gasteiger partial charge is 0.192 e. The van der Waals surface area contributed by atoms with Crippen LogP contribution in [0.5, 0.6) is 0 Å². The summed E-state index contributed by atoms with van der Waals surface area (Å²) in [6.45, 7) is 7.49. The number of hydrogen-bond donors (Lipinski definition) is 0. The van der Waals surface area contributed by atoms with Gasteiger partial charge in [0.1, 0.15) is 17.2 Å². The van der Waals surface area contributed by atoms with Gasteiger partial charge in [-0.25, -0.2) is 4.98 Å². The number of nitrogens with zero attached hydrogens (tertiary/aromatic N) is 1. The molecule has 4 nitrogen and oxygen atoms in total. The Bertz CT molecular complexity index is 1900. The average molecular weight is 636 g/mol. The fourth-order valence-electron chi connectivity index (χ4n) is 4.84. The number of aromatic nitrogens is 1. The fraction of sp³-hybridized carbons (Fsp3) is 0.136. The molecule has 7 rings (SSSR count). The Balaban J connectivity index is 0.000000194. The third-order valence-corrected chi connectivity index (χ3v) is 7.29. The van der Waals surface area contributed by atoms with Crippen molar-refractivity contribution in [1.29, 1.82) is 0 Å². The van der Waals surface area contributed by atoms with Crippen molar-refractivity contribution in [3.8, 4) is 45.0 Å². The molecule has 0 amide bonds.